The van der Waals surface area contributed by atoms with E-state index < -0.39 is 0 Å². The average molecular weight is 320 g/mol. The van der Waals surface area contributed by atoms with Crippen LogP contribution in [0.2, 0.25) is 0 Å². The lowest BCUT2D eigenvalue weighted by Gasteiger charge is -2.40. The minimum absolute atomic E-state index is 0.0959. The van der Waals surface area contributed by atoms with E-state index in [1.54, 1.807) is 0 Å². The zero-order valence-electron chi connectivity index (χ0n) is 14.9. The van der Waals surface area contributed by atoms with Crippen LogP contribution in [-0.2, 0) is 9.53 Å². The van der Waals surface area contributed by atoms with Crippen LogP contribution in [0.3, 0.4) is 0 Å². The number of hydrogen-bond acceptors (Lipinski definition) is 3. The van der Waals surface area contributed by atoms with Gasteiger partial charge in [-0.15, -0.1) is 0 Å². The minimum atomic E-state index is -0.315. The van der Waals surface area contributed by atoms with Crippen LogP contribution in [0.5, 0.6) is 0 Å². The molecule has 0 aromatic rings. The Kier molecular flexibility index (Phi) is 4.37. The molecule has 3 fully saturated rings. The summed E-state index contributed by atoms with van der Waals surface area (Å²) < 4.78 is 5.20. The summed E-state index contributed by atoms with van der Waals surface area (Å²) in [6.45, 7) is 11.0. The normalized spacial score (nSPS) is 45.0. The summed E-state index contributed by atoms with van der Waals surface area (Å²) in [6, 6.07) is 0. The molecule has 23 heavy (non-hydrogen) atoms. The van der Waals surface area contributed by atoms with Gasteiger partial charge in [-0.1, -0.05) is 27.4 Å². The third-order valence-corrected chi connectivity index (χ3v) is 7.92. The summed E-state index contributed by atoms with van der Waals surface area (Å²) in [7, 11) is 0. The van der Waals surface area contributed by atoms with Crippen molar-refractivity contribution in [3.63, 3.8) is 0 Å². The third-order valence-electron chi connectivity index (χ3n) is 7.92. The lowest BCUT2D eigenvalue weighted by atomic mass is 9.67. The fourth-order valence-corrected chi connectivity index (χ4v) is 5.99. The van der Waals surface area contributed by atoms with Crippen molar-refractivity contribution in [3.8, 4) is 0 Å². The monoisotopic (exact) mass is 320 g/mol. The van der Waals surface area contributed by atoms with Crippen LogP contribution in [0.25, 0.3) is 0 Å². The molecule has 0 aromatic heterocycles. The first kappa shape index (κ1) is 17.0. The predicted octanol–water partition coefficient (Wildman–Crippen LogP) is 3.96. The molecule has 3 saturated carbocycles. The Hall–Kier alpha value is -0.830. The second-order valence-corrected chi connectivity index (χ2v) is 8.92. The van der Waals surface area contributed by atoms with Crippen molar-refractivity contribution < 1.29 is 14.6 Å². The van der Waals surface area contributed by atoms with Gasteiger partial charge in [-0.2, -0.15) is 0 Å². The van der Waals surface area contributed by atoms with Crippen molar-refractivity contribution in [2.24, 2.45) is 34.5 Å². The van der Waals surface area contributed by atoms with Gasteiger partial charge in [-0.05, 0) is 73.0 Å². The van der Waals surface area contributed by atoms with Crippen molar-refractivity contribution in [1.82, 2.24) is 0 Å². The van der Waals surface area contributed by atoms with E-state index in [9.17, 15) is 9.90 Å². The van der Waals surface area contributed by atoms with Gasteiger partial charge in [0.15, 0.2) is 0 Å². The van der Waals surface area contributed by atoms with Crippen molar-refractivity contribution in [2.45, 2.75) is 65.4 Å². The Morgan fingerprint density at radius 1 is 1.22 bits per heavy atom. The maximum absolute atomic E-state index is 11.2. The van der Waals surface area contributed by atoms with Gasteiger partial charge in [0.25, 0.3) is 0 Å². The average Bonchev–Trinajstić information content (AvgIpc) is 2.85. The molecule has 3 heteroatoms. The van der Waals surface area contributed by atoms with Crippen LogP contribution in [0.15, 0.2) is 12.7 Å². The molecular formula is C20H32O3. The van der Waals surface area contributed by atoms with E-state index in [0.717, 1.165) is 12.8 Å². The summed E-state index contributed by atoms with van der Waals surface area (Å²) >= 11 is 0. The first-order chi connectivity index (χ1) is 10.8. The molecule has 3 aliphatic rings. The van der Waals surface area contributed by atoms with Gasteiger partial charge in [0, 0.05) is 6.08 Å². The number of hydrogen-bond donors (Lipinski definition) is 1. The lowest BCUT2D eigenvalue weighted by Crippen LogP contribution is -2.40. The molecule has 3 nitrogen and oxygen atoms in total. The first-order valence-electron chi connectivity index (χ1n) is 9.28. The maximum atomic E-state index is 11.2. The van der Waals surface area contributed by atoms with Crippen LogP contribution in [-0.4, -0.2) is 23.8 Å². The number of carbonyl (C=O) groups is 1. The highest BCUT2D eigenvalue weighted by Crippen LogP contribution is 2.69. The molecule has 130 valence electrons. The molecular weight excluding hydrogens is 288 g/mol. The Morgan fingerprint density at radius 2 is 1.87 bits per heavy atom. The smallest absolute Gasteiger partial charge is 0.330 e. The highest BCUT2D eigenvalue weighted by atomic mass is 16.5. The quantitative estimate of drug-likeness (QED) is 0.630. The first-order valence-corrected chi connectivity index (χ1v) is 9.28. The zero-order valence-corrected chi connectivity index (χ0v) is 14.9. The summed E-state index contributed by atoms with van der Waals surface area (Å²) in [4.78, 5) is 11.2. The fraction of sp³-hybridized carbons (Fsp3) is 0.850. The molecule has 1 N–H and O–H groups in total. The Morgan fingerprint density at radius 3 is 2.39 bits per heavy atom. The number of carbonyl (C=O) groups excluding carboxylic acids is 1. The standard InChI is InChI=1S/C20H32O3/c1-5-16(21)23-12-13-6-8-14(9-7-13)17-15-10-11-20(4,18(17)22)19(15,2)3/h5,13-15,17-18,22H,1,6-12H2,2-4H3/t13?,14?,15-,17?,18-,20+/m1/s1. The number of aliphatic hydroxyl groups is 1. The Labute approximate surface area is 140 Å². The van der Waals surface area contributed by atoms with E-state index in [-0.39, 0.29) is 22.9 Å². The van der Waals surface area contributed by atoms with E-state index in [2.05, 4.69) is 27.4 Å². The molecule has 0 radical (unpaired) electrons. The van der Waals surface area contributed by atoms with Gasteiger partial charge in [0.05, 0.1) is 12.7 Å². The van der Waals surface area contributed by atoms with Gasteiger partial charge in [0.2, 0.25) is 0 Å². The molecule has 0 aliphatic heterocycles. The molecule has 2 bridgehead atoms. The SMILES string of the molecule is C=CC(=O)OCC1CCC(C2[C@H]3CC[C@@](C)([C@@H]2O)C3(C)C)CC1. The molecule has 3 rings (SSSR count). The summed E-state index contributed by atoms with van der Waals surface area (Å²) in [5.41, 5.74) is 0.353. The molecule has 0 saturated heterocycles. The Balaban J connectivity index is 1.59. The number of fused-ring (bicyclic) bond motifs is 2. The van der Waals surface area contributed by atoms with Gasteiger partial charge in [-0.3, -0.25) is 0 Å². The van der Waals surface area contributed by atoms with Crippen LogP contribution in [0, 0.1) is 34.5 Å². The van der Waals surface area contributed by atoms with Crippen LogP contribution >= 0.6 is 0 Å². The topological polar surface area (TPSA) is 46.5 Å². The van der Waals surface area contributed by atoms with E-state index >= 15 is 0 Å². The summed E-state index contributed by atoms with van der Waals surface area (Å²) in [6.07, 6.45) is 8.11. The second kappa shape index (κ2) is 5.91. The fourth-order valence-electron chi connectivity index (χ4n) is 5.99. The minimum Gasteiger partial charge on any atom is -0.462 e. The van der Waals surface area contributed by atoms with E-state index in [4.69, 9.17) is 4.74 Å². The van der Waals surface area contributed by atoms with Crippen LogP contribution < -0.4 is 0 Å². The molecule has 0 heterocycles. The third kappa shape index (κ3) is 2.56. The second-order valence-electron chi connectivity index (χ2n) is 8.92. The molecule has 0 amide bonds. The number of aliphatic hydroxyl groups excluding tert-OH is 1. The number of rotatable bonds is 4. The van der Waals surface area contributed by atoms with Crippen molar-refractivity contribution >= 4 is 5.97 Å². The van der Waals surface area contributed by atoms with E-state index in [1.807, 2.05) is 0 Å². The number of esters is 1. The van der Waals surface area contributed by atoms with Crippen LogP contribution in [0.4, 0.5) is 0 Å². The zero-order chi connectivity index (χ0) is 16.8. The van der Waals surface area contributed by atoms with E-state index in [1.165, 1.54) is 31.8 Å². The lowest BCUT2D eigenvalue weighted by molar-refractivity contribution is -0.139. The molecule has 4 atom stereocenters. The van der Waals surface area contributed by atoms with E-state index in [0.29, 0.717) is 30.3 Å². The number of ether oxygens (including phenoxy) is 1. The largest absolute Gasteiger partial charge is 0.462 e. The van der Waals surface area contributed by atoms with Gasteiger partial charge < -0.3 is 9.84 Å². The van der Waals surface area contributed by atoms with Crippen molar-refractivity contribution in [1.29, 1.82) is 0 Å². The van der Waals surface area contributed by atoms with Crippen molar-refractivity contribution in [3.05, 3.63) is 12.7 Å². The van der Waals surface area contributed by atoms with Crippen molar-refractivity contribution in [2.75, 3.05) is 6.61 Å². The Bertz CT molecular complexity index is 475. The molecule has 3 aliphatic carbocycles. The predicted molar refractivity (Wildman–Crippen MR) is 90.7 cm³/mol. The molecule has 0 aromatic carbocycles. The summed E-state index contributed by atoms with van der Waals surface area (Å²) in [5.74, 6) is 1.95. The van der Waals surface area contributed by atoms with Gasteiger partial charge in [0.1, 0.15) is 0 Å². The summed E-state index contributed by atoms with van der Waals surface area (Å²) in [5, 5.41) is 11.0. The molecule has 1 unspecified atom stereocenters. The molecule has 0 spiro atoms. The maximum Gasteiger partial charge on any atom is 0.330 e. The van der Waals surface area contributed by atoms with Gasteiger partial charge >= 0.3 is 5.97 Å². The van der Waals surface area contributed by atoms with Gasteiger partial charge in [-0.25, -0.2) is 4.79 Å². The highest BCUT2D eigenvalue weighted by molar-refractivity contribution is 5.81. The van der Waals surface area contributed by atoms with Crippen LogP contribution in [0.1, 0.15) is 59.3 Å². The highest BCUT2D eigenvalue weighted by Gasteiger charge is 2.66.